The van der Waals surface area contributed by atoms with Gasteiger partial charge in [0.05, 0.1) is 5.92 Å². The molecule has 80 valence electrons. The molecule has 1 aromatic rings. The fraction of sp³-hybridized carbons (Fsp3) is 0.455. The van der Waals surface area contributed by atoms with Gasteiger partial charge in [0.2, 0.25) is 0 Å². The van der Waals surface area contributed by atoms with E-state index in [0.29, 0.717) is 6.42 Å². The van der Waals surface area contributed by atoms with Crippen LogP contribution in [0.4, 0.5) is 0 Å². The molecule has 0 amide bonds. The van der Waals surface area contributed by atoms with E-state index in [9.17, 15) is 4.79 Å². The Hall–Kier alpha value is -1.03. The Labute approximate surface area is 92.9 Å². The molecule has 0 saturated carbocycles. The molecule has 3 nitrogen and oxygen atoms in total. The maximum atomic E-state index is 10.8. The number of rotatable bonds is 3. The zero-order valence-corrected chi connectivity index (χ0v) is 9.38. The van der Waals surface area contributed by atoms with Gasteiger partial charge in [-0.2, -0.15) is 11.8 Å². The molecule has 15 heavy (non-hydrogen) atoms. The van der Waals surface area contributed by atoms with Gasteiger partial charge in [-0.1, -0.05) is 6.92 Å². The van der Waals surface area contributed by atoms with E-state index in [0.717, 1.165) is 17.1 Å². The highest BCUT2D eigenvalue weighted by Gasteiger charge is 2.19. The summed E-state index contributed by atoms with van der Waals surface area (Å²) in [5, 5.41) is 8.87. The van der Waals surface area contributed by atoms with Crippen LogP contribution in [0.3, 0.4) is 0 Å². The molecule has 0 spiro atoms. The first kappa shape index (κ1) is 10.5. The van der Waals surface area contributed by atoms with Gasteiger partial charge in [0.1, 0.15) is 0 Å². The van der Waals surface area contributed by atoms with Crippen molar-refractivity contribution in [3.05, 3.63) is 29.1 Å². The smallest absolute Gasteiger partial charge is 0.306 e. The summed E-state index contributed by atoms with van der Waals surface area (Å²) in [5.74, 6) is 0.944. The van der Waals surface area contributed by atoms with E-state index < -0.39 is 5.97 Å². The lowest BCUT2D eigenvalue weighted by Crippen LogP contribution is -2.13. The molecule has 1 N–H and O–H groups in total. The number of thioether (sulfide) groups is 1. The third-order valence-corrected chi connectivity index (χ3v) is 3.70. The van der Waals surface area contributed by atoms with E-state index in [4.69, 9.17) is 5.11 Å². The van der Waals surface area contributed by atoms with Crippen LogP contribution >= 0.6 is 11.8 Å². The van der Waals surface area contributed by atoms with Crippen molar-refractivity contribution in [3.63, 3.8) is 0 Å². The Morgan fingerprint density at radius 2 is 2.40 bits per heavy atom. The summed E-state index contributed by atoms with van der Waals surface area (Å²) in [4.78, 5) is 14.9. The van der Waals surface area contributed by atoms with Gasteiger partial charge in [-0.25, -0.2) is 0 Å². The van der Waals surface area contributed by atoms with Gasteiger partial charge in [-0.05, 0) is 23.1 Å². The molecule has 1 aromatic heterocycles. The molecule has 0 aliphatic carbocycles. The lowest BCUT2D eigenvalue weighted by Gasteiger charge is -2.09. The Kier molecular flexibility index (Phi) is 2.95. The lowest BCUT2D eigenvalue weighted by molar-refractivity contribution is -0.141. The largest absolute Gasteiger partial charge is 0.481 e. The second-order valence-electron chi connectivity index (χ2n) is 3.87. The minimum absolute atomic E-state index is 0.330. The van der Waals surface area contributed by atoms with Gasteiger partial charge >= 0.3 is 5.97 Å². The van der Waals surface area contributed by atoms with Crippen LogP contribution in [0.15, 0.2) is 12.4 Å². The number of pyridine rings is 1. The second-order valence-corrected chi connectivity index (χ2v) is 4.86. The zero-order chi connectivity index (χ0) is 10.8. The summed E-state index contributed by atoms with van der Waals surface area (Å²) < 4.78 is 0. The van der Waals surface area contributed by atoms with Gasteiger partial charge in [-0.15, -0.1) is 0 Å². The minimum atomic E-state index is -0.738. The third-order valence-electron chi connectivity index (χ3n) is 2.69. The van der Waals surface area contributed by atoms with E-state index in [2.05, 4.69) is 4.98 Å². The number of carboxylic acid groups (broad SMARTS) is 1. The average molecular weight is 223 g/mol. The normalized spacial score (nSPS) is 16.1. The number of aliphatic carboxylic acids is 1. The Morgan fingerprint density at radius 1 is 1.60 bits per heavy atom. The molecule has 0 saturated heterocycles. The van der Waals surface area contributed by atoms with E-state index in [-0.39, 0.29) is 5.92 Å². The van der Waals surface area contributed by atoms with Gasteiger partial charge < -0.3 is 5.11 Å². The number of hydrogen-bond donors (Lipinski definition) is 1. The SMILES string of the molecule is CC(Cc1cncc2c1CSC2)C(=O)O. The Morgan fingerprint density at radius 3 is 3.13 bits per heavy atom. The predicted molar refractivity (Wildman–Crippen MR) is 59.7 cm³/mol. The van der Waals surface area contributed by atoms with Crippen LogP contribution in [0.25, 0.3) is 0 Å². The van der Waals surface area contributed by atoms with Crippen LogP contribution in [-0.2, 0) is 22.7 Å². The number of carbonyl (C=O) groups is 1. The van der Waals surface area contributed by atoms with Crippen molar-refractivity contribution in [2.45, 2.75) is 24.9 Å². The molecule has 4 heteroatoms. The molecule has 1 aliphatic heterocycles. The van der Waals surface area contributed by atoms with E-state index >= 15 is 0 Å². The predicted octanol–water partition coefficient (Wildman–Crippen LogP) is 2.09. The van der Waals surface area contributed by atoms with Crippen LogP contribution in [0, 0.1) is 5.92 Å². The van der Waals surface area contributed by atoms with Crippen LogP contribution in [0.2, 0.25) is 0 Å². The highest BCUT2D eigenvalue weighted by atomic mass is 32.2. The summed E-state index contributed by atoms with van der Waals surface area (Å²) in [7, 11) is 0. The van der Waals surface area contributed by atoms with Crippen LogP contribution in [0.1, 0.15) is 23.6 Å². The quantitative estimate of drug-likeness (QED) is 0.852. The van der Waals surface area contributed by atoms with E-state index in [1.807, 2.05) is 24.2 Å². The molecule has 1 atom stereocenters. The van der Waals surface area contributed by atoms with Crippen LogP contribution in [0.5, 0.6) is 0 Å². The van der Waals surface area contributed by atoms with Crippen LogP contribution < -0.4 is 0 Å². The van der Waals surface area contributed by atoms with Crippen molar-refractivity contribution in [1.82, 2.24) is 4.98 Å². The van der Waals surface area contributed by atoms with Crippen molar-refractivity contribution in [1.29, 1.82) is 0 Å². The third kappa shape index (κ3) is 2.15. The molecule has 1 aliphatic rings. The van der Waals surface area contributed by atoms with Gasteiger partial charge in [0, 0.05) is 23.9 Å². The van der Waals surface area contributed by atoms with Gasteiger partial charge in [0.15, 0.2) is 0 Å². The van der Waals surface area contributed by atoms with Crippen molar-refractivity contribution in [2.75, 3.05) is 0 Å². The molecular weight excluding hydrogens is 210 g/mol. The van der Waals surface area contributed by atoms with E-state index in [1.54, 1.807) is 6.92 Å². The molecule has 0 fully saturated rings. The maximum Gasteiger partial charge on any atom is 0.306 e. The first-order valence-corrected chi connectivity index (χ1v) is 6.09. The monoisotopic (exact) mass is 223 g/mol. The van der Waals surface area contributed by atoms with Crippen molar-refractivity contribution >= 4 is 17.7 Å². The number of carboxylic acids is 1. The first-order chi connectivity index (χ1) is 7.18. The van der Waals surface area contributed by atoms with Gasteiger partial charge in [0.25, 0.3) is 0 Å². The molecule has 0 radical (unpaired) electrons. The van der Waals surface area contributed by atoms with Crippen molar-refractivity contribution in [2.24, 2.45) is 5.92 Å². The fourth-order valence-electron chi connectivity index (χ4n) is 1.75. The lowest BCUT2D eigenvalue weighted by atomic mass is 9.97. The minimum Gasteiger partial charge on any atom is -0.481 e. The van der Waals surface area contributed by atoms with Crippen molar-refractivity contribution in [3.8, 4) is 0 Å². The van der Waals surface area contributed by atoms with Crippen LogP contribution in [-0.4, -0.2) is 16.1 Å². The molecule has 1 unspecified atom stereocenters. The Balaban J connectivity index is 2.22. The highest BCUT2D eigenvalue weighted by Crippen LogP contribution is 2.32. The fourth-order valence-corrected chi connectivity index (χ4v) is 2.89. The maximum absolute atomic E-state index is 10.8. The number of nitrogens with zero attached hydrogens (tertiary/aromatic N) is 1. The number of aromatic nitrogens is 1. The molecule has 2 heterocycles. The first-order valence-electron chi connectivity index (χ1n) is 4.93. The topological polar surface area (TPSA) is 50.2 Å². The molecule has 2 rings (SSSR count). The highest BCUT2D eigenvalue weighted by molar-refractivity contribution is 7.98. The molecule has 0 bridgehead atoms. The summed E-state index contributed by atoms with van der Waals surface area (Å²) in [6.07, 6.45) is 4.29. The summed E-state index contributed by atoms with van der Waals surface area (Å²) in [5.41, 5.74) is 3.69. The number of hydrogen-bond acceptors (Lipinski definition) is 3. The Bertz CT molecular complexity index is 392. The molecule has 0 aromatic carbocycles. The van der Waals surface area contributed by atoms with Gasteiger partial charge in [-0.3, -0.25) is 9.78 Å². The zero-order valence-electron chi connectivity index (χ0n) is 8.56. The standard InChI is InChI=1S/C11H13NO2S/c1-7(11(13)14)2-8-3-12-4-9-5-15-6-10(8)9/h3-4,7H,2,5-6H2,1H3,(H,13,14). The summed E-state index contributed by atoms with van der Waals surface area (Å²) in [6.45, 7) is 1.74. The van der Waals surface area contributed by atoms with Crippen molar-refractivity contribution < 1.29 is 9.90 Å². The second kappa shape index (κ2) is 4.23. The average Bonchev–Trinajstić information content (AvgIpc) is 2.66. The summed E-state index contributed by atoms with van der Waals surface area (Å²) >= 11 is 1.87. The molecular formula is C11H13NO2S. The number of fused-ring (bicyclic) bond motifs is 1. The summed E-state index contributed by atoms with van der Waals surface area (Å²) in [6, 6.07) is 0. The van der Waals surface area contributed by atoms with E-state index in [1.165, 1.54) is 11.1 Å².